The fraction of sp³-hybridized carbons (Fsp3) is 0.750. The smallest absolute Gasteiger partial charge is 0.0521 e. The van der Waals surface area contributed by atoms with Gasteiger partial charge in [0.15, 0.2) is 0 Å². The van der Waals surface area contributed by atoms with Crippen molar-refractivity contribution in [2.24, 2.45) is 5.92 Å². The van der Waals surface area contributed by atoms with E-state index in [1.165, 1.54) is 44.3 Å². The van der Waals surface area contributed by atoms with Crippen LogP contribution in [0.2, 0.25) is 0 Å². The quantitative estimate of drug-likeness (QED) is 0.819. The van der Waals surface area contributed by atoms with Gasteiger partial charge in [0.2, 0.25) is 0 Å². The minimum absolute atomic E-state index is 0.807. The molecular formula is C12H21N3. The monoisotopic (exact) mass is 207 g/mol. The highest BCUT2D eigenvalue weighted by Crippen LogP contribution is 2.16. The van der Waals surface area contributed by atoms with Gasteiger partial charge in [-0.15, -0.1) is 0 Å². The van der Waals surface area contributed by atoms with Gasteiger partial charge in [-0.1, -0.05) is 6.42 Å². The summed E-state index contributed by atoms with van der Waals surface area (Å²) in [5.41, 5.74) is 1.39. The van der Waals surface area contributed by atoms with E-state index in [-0.39, 0.29) is 0 Å². The van der Waals surface area contributed by atoms with Crippen LogP contribution in [0, 0.1) is 5.92 Å². The number of aryl methyl sites for hydroxylation is 1. The van der Waals surface area contributed by atoms with Gasteiger partial charge in [0, 0.05) is 12.7 Å². The minimum Gasteiger partial charge on any atom is -0.316 e. The van der Waals surface area contributed by atoms with Crippen LogP contribution >= 0.6 is 0 Å². The molecule has 15 heavy (non-hydrogen) atoms. The Labute approximate surface area is 91.9 Å². The fourth-order valence-corrected chi connectivity index (χ4v) is 2.28. The first kappa shape index (κ1) is 10.7. The van der Waals surface area contributed by atoms with Crippen molar-refractivity contribution in [1.82, 2.24) is 15.1 Å². The third-order valence-electron chi connectivity index (χ3n) is 3.18. The molecule has 0 saturated carbocycles. The lowest BCUT2D eigenvalue weighted by Crippen LogP contribution is -2.21. The minimum atomic E-state index is 0.807. The average molecular weight is 207 g/mol. The highest BCUT2D eigenvalue weighted by molar-refractivity contribution is 5.05. The third-order valence-corrected chi connectivity index (χ3v) is 3.18. The number of nitrogens with zero attached hydrogens (tertiary/aromatic N) is 2. The maximum atomic E-state index is 4.32. The molecule has 1 saturated heterocycles. The van der Waals surface area contributed by atoms with Gasteiger partial charge in [-0.25, -0.2) is 0 Å². The summed E-state index contributed by atoms with van der Waals surface area (Å²) >= 11 is 0. The van der Waals surface area contributed by atoms with Gasteiger partial charge in [0.1, 0.15) is 0 Å². The second-order valence-electron chi connectivity index (χ2n) is 4.47. The number of aromatic nitrogens is 2. The number of rotatable bonds is 3. The number of hydrogen-bond acceptors (Lipinski definition) is 2. The van der Waals surface area contributed by atoms with Crippen LogP contribution in [0.4, 0.5) is 0 Å². The third kappa shape index (κ3) is 3.06. The summed E-state index contributed by atoms with van der Waals surface area (Å²) in [4.78, 5) is 0. The van der Waals surface area contributed by atoms with Crippen molar-refractivity contribution in [3.63, 3.8) is 0 Å². The fourth-order valence-electron chi connectivity index (χ4n) is 2.28. The lowest BCUT2D eigenvalue weighted by Gasteiger charge is -2.12. The van der Waals surface area contributed by atoms with Gasteiger partial charge in [-0.05, 0) is 50.8 Å². The van der Waals surface area contributed by atoms with Gasteiger partial charge in [0.25, 0.3) is 0 Å². The van der Waals surface area contributed by atoms with Crippen molar-refractivity contribution in [3.05, 3.63) is 18.0 Å². The molecule has 0 aromatic carbocycles. The van der Waals surface area contributed by atoms with Crippen LogP contribution in [-0.2, 0) is 13.0 Å². The summed E-state index contributed by atoms with van der Waals surface area (Å²) in [6, 6.07) is 0. The van der Waals surface area contributed by atoms with E-state index in [9.17, 15) is 0 Å². The van der Waals surface area contributed by atoms with Gasteiger partial charge in [0.05, 0.1) is 6.20 Å². The maximum absolute atomic E-state index is 4.32. The van der Waals surface area contributed by atoms with Crippen LogP contribution < -0.4 is 5.32 Å². The van der Waals surface area contributed by atoms with Crippen LogP contribution in [0.3, 0.4) is 0 Å². The van der Waals surface area contributed by atoms with E-state index in [1.807, 2.05) is 10.9 Å². The summed E-state index contributed by atoms with van der Waals surface area (Å²) in [5.74, 6) is 0.807. The lowest BCUT2D eigenvalue weighted by atomic mass is 9.97. The van der Waals surface area contributed by atoms with Crippen molar-refractivity contribution in [3.8, 4) is 0 Å². The summed E-state index contributed by atoms with van der Waals surface area (Å²) < 4.78 is 2.01. The average Bonchev–Trinajstić information content (AvgIpc) is 2.54. The first-order valence-corrected chi connectivity index (χ1v) is 6.10. The molecule has 0 spiro atoms. The second kappa shape index (κ2) is 5.31. The first-order valence-electron chi connectivity index (χ1n) is 6.10. The van der Waals surface area contributed by atoms with E-state index in [4.69, 9.17) is 0 Å². The molecule has 3 heteroatoms. The number of hydrogen-bond donors (Lipinski definition) is 1. The van der Waals surface area contributed by atoms with E-state index in [0.717, 1.165) is 12.5 Å². The highest BCUT2D eigenvalue weighted by atomic mass is 15.3. The van der Waals surface area contributed by atoms with Crippen molar-refractivity contribution in [2.45, 2.75) is 39.2 Å². The molecule has 1 aliphatic heterocycles. The molecule has 1 atom stereocenters. The molecule has 1 aromatic heterocycles. The maximum Gasteiger partial charge on any atom is 0.0521 e. The van der Waals surface area contributed by atoms with Gasteiger partial charge in [-0.3, -0.25) is 4.68 Å². The highest BCUT2D eigenvalue weighted by Gasteiger charge is 2.13. The standard InChI is InChI=1S/C12H21N3/c1-2-15-10-12(9-14-15)7-11-5-3-4-6-13-8-11/h9-11,13H,2-8H2,1H3. The van der Waals surface area contributed by atoms with Crippen molar-refractivity contribution < 1.29 is 0 Å². The molecule has 2 heterocycles. The molecular weight excluding hydrogens is 186 g/mol. The number of nitrogens with one attached hydrogen (secondary N) is 1. The zero-order valence-electron chi connectivity index (χ0n) is 9.58. The Morgan fingerprint density at radius 2 is 2.47 bits per heavy atom. The topological polar surface area (TPSA) is 29.9 Å². The van der Waals surface area contributed by atoms with E-state index >= 15 is 0 Å². The molecule has 1 aromatic rings. The molecule has 1 N–H and O–H groups in total. The molecule has 0 radical (unpaired) electrons. The largest absolute Gasteiger partial charge is 0.316 e. The zero-order chi connectivity index (χ0) is 10.5. The molecule has 0 aliphatic carbocycles. The van der Waals surface area contributed by atoms with E-state index < -0.39 is 0 Å². The molecule has 1 fully saturated rings. The van der Waals surface area contributed by atoms with E-state index in [2.05, 4.69) is 23.5 Å². The zero-order valence-corrected chi connectivity index (χ0v) is 9.58. The van der Waals surface area contributed by atoms with E-state index in [1.54, 1.807) is 0 Å². The molecule has 84 valence electrons. The summed E-state index contributed by atoms with van der Waals surface area (Å²) in [5, 5.41) is 7.83. The van der Waals surface area contributed by atoms with Crippen molar-refractivity contribution >= 4 is 0 Å². The van der Waals surface area contributed by atoms with Gasteiger partial charge >= 0.3 is 0 Å². The van der Waals surface area contributed by atoms with Crippen LogP contribution in [0.5, 0.6) is 0 Å². The predicted octanol–water partition coefficient (Wildman–Crippen LogP) is 1.84. The molecule has 0 bridgehead atoms. The summed E-state index contributed by atoms with van der Waals surface area (Å²) in [6.07, 6.45) is 9.47. The van der Waals surface area contributed by atoms with Crippen LogP contribution in [0.15, 0.2) is 12.4 Å². The Balaban J connectivity index is 1.89. The summed E-state index contributed by atoms with van der Waals surface area (Å²) in [7, 11) is 0. The Morgan fingerprint density at radius 1 is 1.53 bits per heavy atom. The van der Waals surface area contributed by atoms with Crippen LogP contribution in [0.25, 0.3) is 0 Å². The summed E-state index contributed by atoms with van der Waals surface area (Å²) in [6.45, 7) is 5.48. The first-order chi connectivity index (χ1) is 7.38. The predicted molar refractivity (Wildman–Crippen MR) is 61.8 cm³/mol. The molecule has 3 nitrogen and oxygen atoms in total. The molecule has 1 unspecified atom stereocenters. The van der Waals surface area contributed by atoms with Crippen LogP contribution in [0.1, 0.15) is 31.7 Å². The molecule has 0 amide bonds. The molecule has 2 rings (SSSR count). The SMILES string of the molecule is CCn1cc(CC2CCCCNC2)cn1. The van der Waals surface area contributed by atoms with Gasteiger partial charge < -0.3 is 5.32 Å². The van der Waals surface area contributed by atoms with Gasteiger partial charge in [-0.2, -0.15) is 5.10 Å². The van der Waals surface area contributed by atoms with Crippen molar-refractivity contribution in [2.75, 3.05) is 13.1 Å². The Hall–Kier alpha value is -0.830. The Bertz CT molecular complexity index is 285. The van der Waals surface area contributed by atoms with Crippen LogP contribution in [-0.4, -0.2) is 22.9 Å². The Morgan fingerprint density at radius 3 is 3.27 bits per heavy atom. The second-order valence-corrected chi connectivity index (χ2v) is 4.47. The lowest BCUT2D eigenvalue weighted by molar-refractivity contribution is 0.477. The van der Waals surface area contributed by atoms with Crippen molar-refractivity contribution in [1.29, 1.82) is 0 Å². The molecule has 1 aliphatic rings. The Kier molecular flexibility index (Phi) is 3.78. The normalized spacial score (nSPS) is 22.6. The van der Waals surface area contributed by atoms with E-state index in [0.29, 0.717) is 0 Å².